The Kier molecular flexibility index (Phi) is 5.14. The summed E-state index contributed by atoms with van der Waals surface area (Å²) < 4.78 is 10.2. The number of likely N-dealkylation sites (tertiary alicyclic amines) is 1. The van der Waals surface area contributed by atoms with Gasteiger partial charge in [-0.1, -0.05) is 0 Å². The van der Waals surface area contributed by atoms with E-state index in [-0.39, 0.29) is 12.4 Å². The third-order valence-corrected chi connectivity index (χ3v) is 2.79. The standard InChI is InChI=1S/C13H23NO4/c1-13(2,3)18-12(16)14-8-6-5-7-10(14)11(15)9-17-4/h10H,5-9H2,1-4H3/t10-/m1/s1. The van der Waals surface area contributed by atoms with Gasteiger partial charge in [0, 0.05) is 13.7 Å². The predicted molar refractivity (Wildman–Crippen MR) is 67.5 cm³/mol. The Balaban J connectivity index is 2.70. The van der Waals surface area contributed by atoms with Crippen LogP contribution in [-0.2, 0) is 14.3 Å². The molecule has 1 saturated heterocycles. The Labute approximate surface area is 108 Å². The van der Waals surface area contributed by atoms with Crippen molar-refractivity contribution >= 4 is 11.9 Å². The second-order valence-electron chi connectivity index (χ2n) is 5.58. The molecule has 18 heavy (non-hydrogen) atoms. The Bertz CT molecular complexity index is 309. The van der Waals surface area contributed by atoms with E-state index in [1.165, 1.54) is 12.0 Å². The number of hydrogen-bond acceptors (Lipinski definition) is 4. The number of nitrogens with zero attached hydrogens (tertiary/aromatic N) is 1. The maximum absolute atomic E-state index is 12.0. The number of carbonyl (C=O) groups excluding carboxylic acids is 2. The van der Waals surface area contributed by atoms with Crippen molar-refractivity contribution in [2.75, 3.05) is 20.3 Å². The van der Waals surface area contributed by atoms with Crippen LogP contribution in [0.2, 0.25) is 0 Å². The van der Waals surface area contributed by atoms with Crippen molar-refractivity contribution in [3.8, 4) is 0 Å². The molecule has 104 valence electrons. The molecule has 0 aromatic rings. The van der Waals surface area contributed by atoms with Crippen LogP contribution >= 0.6 is 0 Å². The minimum atomic E-state index is -0.538. The molecule has 5 heteroatoms. The van der Waals surface area contributed by atoms with Crippen molar-refractivity contribution in [3.05, 3.63) is 0 Å². The lowest BCUT2D eigenvalue weighted by Crippen LogP contribution is -2.50. The molecule has 0 radical (unpaired) electrons. The number of methoxy groups -OCH3 is 1. The first-order chi connectivity index (χ1) is 8.35. The first-order valence-corrected chi connectivity index (χ1v) is 6.36. The SMILES string of the molecule is COCC(=O)[C@H]1CCCCN1C(=O)OC(C)(C)C. The third-order valence-electron chi connectivity index (χ3n) is 2.79. The highest BCUT2D eigenvalue weighted by atomic mass is 16.6. The summed E-state index contributed by atoms with van der Waals surface area (Å²) in [6, 6.07) is -0.395. The number of piperidine rings is 1. The topological polar surface area (TPSA) is 55.8 Å². The lowest BCUT2D eigenvalue weighted by atomic mass is 9.99. The summed E-state index contributed by atoms with van der Waals surface area (Å²) >= 11 is 0. The van der Waals surface area contributed by atoms with E-state index in [9.17, 15) is 9.59 Å². The summed E-state index contributed by atoms with van der Waals surface area (Å²) in [6.45, 7) is 6.08. The monoisotopic (exact) mass is 257 g/mol. The van der Waals surface area contributed by atoms with Gasteiger partial charge in [-0.15, -0.1) is 0 Å². The molecule has 0 aromatic heterocycles. The van der Waals surface area contributed by atoms with Gasteiger partial charge in [-0.05, 0) is 40.0 Å². The van der Waals surface area contributed by atoms with E-state index in [1.807, 2.05) is 20.8 Å². The molecular weight excluding hydrogens is 234 g/mol. The summed E-state index contributed by atoms with van der Waals surface area (Å²) in [6.07, 6.45) is 2.16. The van der Waals surface area contributed by atoms with Gasteiger partial charge in [0.2, 0.25) is 0 Å². The zero-order valence-electron chi connectivity index (χ0n) is 11.7. The molecule has 0 saturated carbocycles. The van der Waals surface area contributed by atoms with Crippen LogP contribution in [0.4, 0.5) is 4.79 Å². The Hall–Kier alpha value is -1.10. The lowest BCUT2D eigenvalue weighted by Gasteiger charge is -2.35. The van der Waals surface area contributed by atoms with Crippen LogP contribution in [0.1, 0.15) is 40.0 Å². The fourth-order valence-corrected chi connectivity index (χ4v) is 2.04. The maximum atomic E-state index is 12.0. The smallest absolute Gasteiger partial charge is 0.410 e. The van der Waals surface area contributed by atoms with Crippen molar-refractivity contribution in [1.82, 2.24) is 4.90 Å². The summed E-state index contributed by atoms with van der Waals surface area (Å²) in [5.41, 5.74) is -0.538. The molecule has 0 spiro atoms. The first kappa shape index (κ1) is 15.0. The van der Waals surface area contributed by atoms with E-state index in [2.05, 4.69) is 0 Å². The molecule has 1 amide bonds. The predicted octanol–water partition coefficient (Wildman–Crippen LogP) is 1.99. The Morgan fingerprint density at radius 3 is 2.50 bits per heavy atom. The van der Waals surface area contributed by atoms with E-state index in [0.29, 0.717) is 13.0 Å². The Morgan fingerprint density at radius 1 is 1.28 bits per heavy atom. The number of hydrogen-bond donors (Lipinski definition) is 0. The van der Waals surface area contributed by atoms with Gasteiger partial charge >= 0.3 is 6.09 Å². The third kappa shape index (κ3) is 4.29. The average molecular weight is 257 g/mol. The normalized spacial score (nSPS) is 20.7. The quantitative estimate of drug-likeness (QED) is 0.776. The minimum absolute atomic E-state index is 0.0456. The zero-order chi connectivity index (χ0) is 13.8. The molecule has 1 aliphatic heterocycles. The molecule has 1 heterocycles. The molecule has 0 N–H and O–H groups in total. The maximum Gasteiger partial charge on any atom is 0.410 e. The molecule has 0 aliphatic carbocycles. The molecule has 0 unspecified atom stereocenters. The van der Waals surface area contributed by atoms with Crippen LogP contribution in [-0.4, -0.2) is 48.7 Å². The summed E-state index contributed by atoms with van der Waals surface area (Å²) in [7, 11) is 1.48. The van der Waals surface area contributed by atoms with Gasteiger partial charge in [0.15, 0.2) is 5.78 Å². The molecular formula is C13H23NO4. The summed E-state index contributed by atoms with van der Waals surface area (Å²) in [5.74, 6) is -0.0527. The minimum Gasteiger partial charge on any atom is -0.444 e. The zero-order valence-corrected chi connectivity index (χ0v) is 11.7. The van der Waals surface area contributed by atoms with E-state index in [4.69, 9.17) is 9.47 Å². The number of ether oxygens (including phenoxy) is 2. The average Bonchev–Trinajstić information content (AvgIpc) is 2.27. The summed E-state index contributed by atoms with van der Waals surface area (Å²) in [5, 5.41) is 0. The van der Waals surface area contributed by atoms with Crippen LogP contribution in [0.15, 0.2) is 0 Å². The molecule has 0 aromatic carbocycles. The van der Waals surface area contributed by atoms with Crippen molar-refractivity contribution in [3.63, 3.8) is 0 Å². The van der Waals surface area contributed by atoms with Crippen molar-refractivity contribution in [2.24, 2.45) is 0 Å². The highest BCUT2D eigenvalue weighted by molar-refractivity contribution is 5.88. The van der Waals surface area contributed by atoms with E-state index in [1.54, 1.807) is 0 Å². The second-order valence-corrected chi connectivity index (χ2v) is 5.58. The Morgan fingerprint density at radius 2 is 1.94 bits per heavy atom. The van der Waals surface area contributed by atoms with Gasteiger partial charge in [-0.25, -0.2) is 4.79 Å². The van der Waals surface area contributed by atoms with Crippen LogP contribution in [0.3, 0.4) is 0 Å². The second kappa shape index (κ2) is 6.18. The fraction of sp³-hybridized carbons (Fsp3) is 0.846. The van der Waals surface area contributed by atoms with Crippen molar-refractivity contribution < 1.29 is 19.1 Å². The van der Waals surface area contributed by atoms with Gasteiger partial charge in [0.05, 0.1) is 6.04 Å². The highest BCUT2D eigenvalue weighted by Gasteiger charge is 2.34. The van der Waals surface area contributed by atoms with Crippen LogP contribution in [0.5, 0.6) is 0 Å². The van der Waals surface area contributed by atoms with E-state index < -0.39 is 17.7 Å². The van der Waals surface area contributed by atoms with Crippen LogP contribution < -0.4 is 0 Å². The van der Waals surface area contributed by atoms with Gasteiger partial charge in [-0.3, -0.25) is 9.69 Å². The van der Waals surface area contributed by atoms with Crippen LogP contribution in [0.25, 0.3) is 0 Å². The van der Waals surface area contributed by atoms with E-state index >= 15 is 0 Å². The van der Waals surface area contributed by atoms with E-state index in [0.717, 1.165) is 12.8 Å². The largest absolute Gasteiger partial charge is 0.444 e. The van der Waals surface area contributed by atoms with Gasteiger partial charge in [0.1, 0.15) is 12.2 Å². The number of ketones is 1. The number of carbonyl (C=O) groups is 2. The van der Waals surface area contributed by atoms with Gasteiger partial charge in [-0.2, -0.15) is 0 Å². The van der Waals surface area contributed by atoms with Crippen molar-refractivity contribution in [1.29, 1.82) is 0 Å². The molecule has 1 atom stereocenters. The number of amides is 1. The first-order valence-electron chi connectivity index (χ1n) is 6.36. The van der Waals surface area contributed by atoms with Gasteiger partial charge in [0.25, 0.3) is 0 Å². The molecule has 1 fully saturated rings. The molecule has 1 rings (SSSR count). The lowest BCUT2D eigenvalue weighted by molar-refractivity contribution is -0.129. The number of rotatable bonds is 3. The number of Topliss-reactive ketones (excluding diaryl/α,β-unsaturated/α-hetero) is 1. The fourth-order valence-electron chi connectivity index (χ4n) is 2.04. The summed E-state index contributed by atoms with van der Waals surface area (Å²) in [4.78, 5) is 25.5. The highest BCUT2D eigenvalue weighted by Crippen LogP contribution is 2.21. The molecule has 1 aliphatic rings. The van der Waals surface area contributed by atoms with Crippen molar-refractivity contribution in [2.45, 2.75) is 51.7 Å². The van der Waals surface area contributed by atoms with Crippen LogP contribution in [0, 0.1) is 0 Å². The van der Waals surface area contributed by atoms with Gasteiger partial charge < -0.3 is 9.47 Å². The molecule has 5 nitrogen and oxygen atoms in total. The molecule has 0 bridgehead atoms.